The molecule has 0 bridgehead atoms. The first kappa shape index (κ1) is 37.4. The van der Waals surface area contributed by atoms with Crippen LogP contribution in [0.3, 0.4) is 0 Å². The molecule has 0 radical (unpaired) electrons. The lowest BCUT2D eigenvalue weighted by atomic mass is 9.72. The molecule has 0 saturated heterocycles. The van der Waals surface area contributed by atoms with Crippen molar-refractivity contribution in [2.75, 3.05) is 26.2 Å². The number of aliphatic hydroxyl groups is 1. The number of nitrogens with one attached hydrogen (secondary N) is 2. The van der Waals surface area contributed by atoms with Crippen LogP contribution in [0, 0.1) is 22.7 Å². The highest BCUT2D eigenvalue weighted by molar-refractivity contribution is 14.1. The standard InChI is InChI=1S/C37H71IN2O/c1-5-6-24-39-25-20-16-14-12-10-8-7-9-11-13-15-17-21-26-40-27-22-18-19-23-34(38)28-32(2)37-30-33(37)29-36(3,4)31-35(37)41/h31-34,39-41H,5-30H2,1-4H3. The molecule has 0 aromatic heterocycles. The van der Waals surface area contributed by atoms with Gasteiger partial charge < -0.3 is 15.7 Å². The highest BCUT2D eigenvalue weighted by Crippen LogP contribution is 2.69. The summed E-state index contributed by atoms with van der Waals surface area (Å²) in [5.74, 6) is 2.04. The Hall–Kier alpha value is 0.190. The smallest absolute Gasteiger partial charge is 0.0955 e. The highest BCUT2D eigenvalue weighted by atomic mass is 127. The molecule has 0 spiro atoms. The Morgan fingerprint density at radius 3 is 1.63 bits per heavy atom. The molecule has 0 amide bonds. The molecule has 4 unspecified atom stereocenters. The Kier molecular flexibility index (Phi) is 19.9. The van der Waals surface area contributed by atoms with Crippen LogP contribution in [-0.4, -0.2) is 35.2 Å². The van der Waals surface area contributed by atoms with E-state index in [9.17, 15) is 5.11 Å². The fraction of sp³-hybridized carbons (Fsp3) is 0.946. The summed E-state index contributed by atoms with van der Waals surface area (Å²) >= 11 is 2.68. The first-order valence-corrected chi connectivity index (χ1v) is 19.5. The van der Waals surface area contributed by atoms with Crippen molar-refractivity contribution in [1.29, 1.82) is 0 Å². The Labute approximate surface area is 270 Å². The van der Waals surface area contributed by atoms with Gasteiger partial charge in [-0.2, -0.15) is 0 Å². The SMILES string of the molecule is CCCCNCCCCCCCCCCCCCCCNCCCCCC(I)CC(C)C12CC1CC(C)(C)C=C2O. The fourth-order valence-corrected chi connectivity index (χ4v) is 8.68. The second kappa shape index (κ2) is 21.8. The van der Waals surface area contributed by atoms with Gasteiger partial charge in [0.05, 0.1) is 5.76 Å². The molecule has 41 heavy (non-hydrogen) atoms. The van der Waals surface area contributed by atoms with Gasteiger partial charge in [0, 0.05) is 9.34 Å². The first-order valence-electron chi connectivity index (χ1n) is 18.3. The molecule has 3 nitrogen and oxygen atoms in total. The molecule has 3 N–H and O–H groups in total. The van der Waals surface area contributed by atoms with Crippen molar-refractivity contribution in [3.05, 3.63) is 11.8 Å². The van der Waals surface area contributed by atoms with Gasteiger partial charge in [-0.1, -0.05) is 140 Å². The average Bonchev–Trinajstić information content (AvgIpc) is 3.66. The second-order valence-electron chi connectivity index (χ2n) is 14.7. The molecule has 242 valence electrons. The first-order chi connectivity index (χ1) is 19.8. The Bertz CT molecular complexity index is 680. The van der Waals surface area contributed by atoms with Crippen molar-refractivity contribution in [1.82, 2.24) is 10.6 Å². The van der Waals surface area contributed by atoms with E-state index in [0.29, 0.717) is 11.7 Å². The minimum Gasteiger partial charge on any atom is -0.512 e. The number of aliphatic hydroxyl groups excluding tert-OH is 1. The van der Waals surface area contributed by atoms with E-state index in [0.717, 1.165) is 9.84 Å². The van der Waals surface area contributed by atoms with E-state index in [1.54, 1.807) is 0 Å². The number of rotatable bonds is 28. The quantitative estimate of drug-likeness (QED) is 0.0436. The number of unbranched alkanes of at least 4 members (excludes halogenated alkanes) is 15. The van der Waals surface area contributed by atoms with Crippen molar-refractivity contribution < 1.29 is 5.11 Å². The molecule has 4 atom stereocenters. The molecule has 0 aromatic rings. The van der Waals surface area contributed by atoms with Gasteiger partial charge in [-0.05, 0) is 101 Å². The van der Waals surface area contributed by atoms with Crippen molar-refractivity contribution >= 4 is 22.6 Å². The zero-order valence-electron chi connectivity index (χ0n) is 28.0. The molecule has 2 aliphatic carbocycles. The Morgan fingerprint density at radius 2 is 1.17 bits per heavy atom. The number of fused-ring (bicyclic) bond motifs is 1. The van der Waals surface area contributed by atoms with Crippen molar-refractivity contribution in [3.8, 4) is 0 Å². The van der Waals surface area contributed by atoms with E-state index >= 15 is 0 Å². The van der Waals surface area contributed by atoms with E-state index < -0.39 is 0 Å². The number of hydrogen-bond donors (Lipinski definition) is 3. The van der Waals surface area contributed by atoms with Crippen LogP contribution in [0.4, 0.5) is 0 Å². The predicted molar refractivity (Wildman–Crippen MR) is 190 cm³/mol. The topological polar surface area (TPSA) is 44.3 Å². The highest BCUT2D eigenvalue weighted by Gasteiger charge is 2.63. The van der Waals surface area contributed by atoms with Gasteiger partial charge in [0.15, 0.2) is 0 Å². The molecular formula is C37H71IN2O. The van der Waals surface area contributed by atoms with Crippen LogP contribution >= 0.6 is 22.6 Å². The minimum atomic E-state index is 0.132. The molecule has 2 rings (SSSR count). The van der Waals surface area contributed by atoms with E-state index in [1.165, 1.54) is 167 Å². The lowest BCUT2D eigenvalue weighted by Gasteiger charge is -2.34. The summed E-state index contributed by atoms with van der Waals surface area (Å²) in [6.07, 6.45) is 32.4. The maximum absolute atomic E-state index is 10.8. The normalized spacial score (nSPS) is 22.8. The van der Waals surface area contributed by atoms with Gasteiger partial charge in [0.25, 0.3) is 0 Å². The average molecular weight is 687 g/mol. The van der Waals surface area contributed by atoms with Crippen LogP contribution in [0.5, 0.6) is 0 Å². The summed E-state index contributed by atoms with van der Waals surface area (Å²) in [5.41, 5.74) is 0.310. The third-order valence-electron chi connectivity index (χ3n) is 10.2. The predicted octanol–water partition coefficient (Wildman–Crippen LogP) is 11.3. The van der Waals surface area contributed by atoms with E-state index in [-0.39, 0.29) is 10.8 Å². The van der Waals surface area contributed by atoms with Crippen LogP contribution in [-0.2, 0) is 0 Å². The molecule has 1 fully saturated rings. The number of allylic oxidation sites excluding steroid dienone is 2. The minimum absolute atomic E-state index is 0.132. The zero-order chi connectivity index (χ0) is 29.8. The zero-order valence-corrected chi connectivity index (χ0v) is 30.2. The van der Waals surface area contributed by atoms with Crippen LogP contribution in [0.1, 0.15) is 169 Å². The molecule has 0 heterocycles. The number of halogens is 1. The lowest BCUT2D eigenvalue weighted by Crippen LogP contribution is -2.28. The number of hydrogen-bond acceptors (Lipinski definition) is 3. The maximum atomic E-state index is 10.8. The molecule has 0 aromatic carbocycles. The van der Waals surface area contributed by atoms with Gasteiger partial charge >= 0.3 is 0 Å². The van der Waals surface area contributed by atoms with Crippen molar-refractivity contribution in [2.45, 2.75) is 173 Å². The van der Waals surface area contributed by atoms with Crippen LogP contribution in [0.2, 0.25) is 0 Å². The Balaban J connectivity index is 1.27. The second-order valence-corrected chi connectivity index (χ2v) is 16.5. The van der Waals surface area contributed by atoms with Crippen molar-refractivity contribution in [3.63, 3.8) is 0 Å². The summed E-state index contributed by atoms with van der Waals surface area (Å²) < 4.78 is 0.742. The maximum Gasteiger partial charge on any atom is 0.0955 e. The monoisotopic (exact) mass is 686 g/mol. The molecule has 4 heteroatoms. The molecule has 1 saturated carbocycles. The summed E-state index contributed by atoms with van der Waals surface area (Å²) in [7, 11) is 0. The van der Waals surface area contributed by atoms with E-state index in [2.05, 4.69) is 67.0 Å². The molecule has 0 aliphatic heterocycles. The summed E-state index contributed by atoms with van der Waals surface area (Å²) in [6, 6.07) is 0. The van der Waals surface area contributed by atoms with Gasteiger partial charge in [-0.15, -0.1) is 0 Å². The van der Waals surface area contributed by atoms with Gasteiger partial charge in [-0.25, -0.2) is 0 Å². The third-order valence-corrected chi connectivity index (χ3v) is 11.3. The summed E-state index contributed by atoms with van der Waals surface area (Å²) in [6.45, 7) is 14.0. The molecule has 2 aliphatic rings. The fourth-order valence-electron chi connectivity index (χ4n) is 7.47. The van der Waals surface area contributed by atoms with Crippen LogP contribution in [0.25, 0.3) is 0 Å². The largest absolute Gasteiger partial charge is 0.512 e. The lowest BCUT2D eigenvalue weighted by molar-refractivity contribution is 0.181. The number of alkyl halides is 1. The van der Waals surface area contributed by atoms with Gasteiger partial charge in [0.1, 0.15) is 0 Å². The van der Waals surface area contributed by atoms with Crippen LogP contribution in [0.15, 0.2) is 11.8 Å². The Morgan fingerprint density at radius 1 is 0.732 bits per heavy atom. The van der Waals surface area contributed by atoms with E-state index in [4.69, 9.17) is 0 Å². The van der Waals surface area contributed by atoms with Gasteiger partial charge in [0.2, 0.25) is 0 Å². The molecular weight excluding hydrogens is 615 g/mol. The van der Waals surface area contributed by atoms with Crippen molar-refractivity contribution in [2.24, 2.45) is 22.7 Å². The van der Waals surface area contributed by atoms with Gasteiger partial charge in [-0.3, -0.25) is 0 Å². The van der Waals surface area contributed by atoms with Crippen LogP contribution < -0.4 is 10.6 Å². The summed E-state index contributed by atoms with van der Waals surface area (Å²) in [5, 5.41) is 18.0. The third kappa shape index (κ3) is 15.7. The summed E-state index contributed by atoms with van der Waals surface area (Å²) in [4.78, 5) is 0. The van der Waals surface area contributed by atoms with E-state index in [1.807, 2.05) is 0 Å².